The van der Waals surface area contributed by atoms with Crippen molar-refractivity contribution in [1.29, 1.82) is 0 Å². The Kier molecular flexibility index (Phi) is 3.52. The molecule has 3 rings (SSSR count). The number of allylic oxidation sites excluding steroid dienone is 2. The second-order valence-corrected chi connectivity index (χ2v) is 6.02. The fourth-order valence-electron chi connectivity index (χ4n) is 3.09. The van der Waals surface area contributed by atoms with Crippen molar-refractivity contribution >= 4 is 10.8 Å². The highest BCUT2D eigenvalue weighted by Gasteiger charge is 2.23. The second kappa shape index (κ2) is 5.32. The van der Waals surface area contributed by atoms with E-state index in [0.29, 0.717) is 5.92 Å². The Balaban J connectivity index is 2.00. The van der Waals surface area contributed by atoms with E-state index in [2.05, 4.69) is 57.2 Å². The topological polar surface area (TPSA) is 9.23 Å². The molecule has 1 heterocycles. The first kappa shape index (κ1) is 13.2. The molecule has 0 aliphatic carbocycles. The number of hydrogen-bond donors (Lipinski definition) is 0. The standard InChI is InChI=1S/C19H22O/c1-13(2)6-4-8-16-12-20-19-14(3)10-11-15-7-5-9-17(16)18(15)19/h5-7,9-11,16H,4,8,12H2,1-3H3. The Morgan fingerprint density at radius 2 is 2.10 bits per heavy atom. The maximum absolute atomic E-state index is 6.08. The van der Waals surface area contributed by atoms with Gasteiger partial charge in [-0.3, -0.25) is 0 Å². The molecule has 0 radical (unpaired) electrons. The van der Waals surface area contributed by atoms with Gasteiger partial charge in [-0.15, -0.1) is 0 Å². The van der Waals surface area contributed by atoms with Crippen molar-refractivity contribution in [3.63, 3.8) is 0 Å². The fraction of sp³-hybridized carbons (Fsp3) is 0.368. The Hall–Kier alpha value is -1.76. The van der Waals surface area contributed by atoms with E-state index in [1.54, 1.807) is 0 Å². The molecule has 1 heteroatoms. The summed E-state index contributed by atoms with van der Waals surface area (Å²) in [4.78, 5) is 0. The van der Waals surface area contributed by atoms with Crippen LogP contribution in [0, 0.1) is 6.92 Å². The van der Waals surface area contributed by atoms with Gasteiger partial charge in [-0.05, 0) is 50.1 Å². The summed E-state index contributed by atoms with van der Waals surface area (Å²) >= 11 is 0. The van der Waals surface area contributed by atoms with E-state index in [-0.39, 0.29) is 0 Å². The third-order valence-corrected chi connectivity index (χ3v) is 4.16. The van der Waals surface area contributed by atoms with Gasteiger partial charge >= 0.3 is 0 Å². The van der Waals surface area contributed by atoms with Gasteiger partial charge in [0, 0.05) is 11.3 Å². The zero-order valence-corrected chi connectivity index (χ0v) is 12.6. The summed E-state index contributed by atoms with van der Waals surface area (Å²) in [6, 6.07) is 11.0. The molecule has 1 atom stereocenters. The summed E-state index contributed by atoms with van der Waals surface area (Å²) in [5, 5.41) is 2.64. The summed E-state index contributed by atoms with van der Waals surface area (Å²) in [7, 11) is 0. The van der Waals surface area contributed by atoms with Crippen LogP contribution < -0.4 is 4.74 Å². The molecular formula is C19H22O. The Labute approximate surface area is 121 Å². The van der Waals surface area contributed by atoms with E-state index < -0.39 is 0 Å². The van der Waals surface area contributed by atoms with E-state index >= 15 is 0 Å². The van der Waals surface area contributed by atoms with Crippen LogP contribution >= 0.6 is 0 Å². The largest absolute Gasteiger partial charge is 0.492 e. The molecule has 0 aromatic heterocycles. The van der Waals surface area contributed by atoms with Crippen LogP contribution in [0.15, 0.2) is 42.0 Å². The van der Waals surface area contributed by atoms with Crippen molar-refractivity contribution in [2.45, 2.75) is 39.5 Å². The lowest BCUT2D eigenvalue weighted by atomic mass is 9.87. The molecular weight excluding hydrogens is 244 g/mol. The first-order chi connectivity index (χ1) is 9.66. The predicted molar refractivity (Wildman–Crippen MR) is 85.6 cm³/mol. The molecule has 1 aliphatic rings. The van der Waals surface area contributed by atoms with Gasteiger partial charge in [-0.25, -0.2) is 0 Å². The average Bonchev–Trinajstić information content (AvgIpc) is 2.44. The molecule has 1 unspecified atom stereocenters. The fourth-order valence-corrected chi connectivity index (χ4v) is 3.09. The van der Waals surface area contributed by atoms with Gasteiger partial charge in [0.15, 0.2) is 0 Å². The third-order valence-electron chi connectivity index (χ3n) is 4.16. The van der Waals surface area contributed by atoms with Crippen molar-refractivity contribution in [1.82, 2.24) is 0 Å². The quantitative estimate of drug-likeness (QED) is 0.678. The van der Waals surface area contributed by atoms with Crippen molar-refractivity contribution in [2.75, 3.05) is 6.61 Å². The molecule has 0 saturated heterocycles. The van der Waals surface area contributed by atoms with E-state index in [9.17, 15) is 0 Å². The molecule has 0 saturated carbocycles. The monoisotopic (exact) mass is 266 g/mol. The van der Waals surface area contributed by atoms with Gasteiger partial charge in [0.25, 0.3) is 0 Å². The van der Waals surface area contributed by atoms with Gasteiger partial charge in [0.05, 0.1) is 6.61 Å². The molecule has 104 valence electrons. The highest BCUT2D eigenvalue weighted by Crippen LogP contribution is 2.41. The number of ether oxygens (including phenoxy) is 1. The molecule has 0 bridgehead atoms. The molecule has 0 spiro atoms. The lowest BCUT2D eigenvalue weighted by molar-refractivity contribution is 0.274. The molecule has 0 fully saturated rings. The van der Waals surface area contributed by atoms with Crippen LogP contribution in [0.3, 0.4) is 0 Å². The average molecular weight is 266 g/mol. The van der Waals surface area contributed by atoms with E-state index in [1.807, 2.05) is 0 Å². The molecule has 20 heavy (non-hydrogen) atoms. The smallest absolute Gasteiger partial charge is 0.130 e. The Morgan fingerprint density at radius 3 is 2.90 bits per heavy atom. The zero-order valence-electron chi connectivity index (χ0n) is 12.6. The summed E-state index contributed by atoms with van der Waals surface area (Å²) in [6.07, 6.45) is 4.62. The van der Waals surface area contributed by atoms with Gasteiger partial charge in [-0.2, -0.15) is 0 Å². The van der Waals surface area contributed by atoms with Crippen molar-refractivity contribution in [2.24, 2.45) is 0 Å². The van der Waals surface area contributed by atoms with Crippen LogP contribution in [-0.2, 0) is 0 Å². The molecule has 1 aliphatic heterocycles. The highest BCUT2D eigenvalue weighted by atomic mass is 16.5. The number of hydrogen-bond acceptors (Lipinski definition) is 1. The molecule has 1 nitrogen and oxygen atoms in total. The number of rotatable bonds is 3. The minimum atomic E-state index is 0.517. The second-order valence-electron chi connectivity index (χ2n) is 6.02. The lowest BCUT2D eigenvalue weighted by Crippen LogP contribution is -2.16. The summed E-state index contributed by atoms with van der Waals surface area (Å²) in [5.41, 5.74) is 4.11. The zero-order chi connectivity index (χ0) is 14.1. The van der Waals surface area contributed by atoms with Crippen LogP contribution in [-0.4, -0.2) is 6.61 Å². The van der Waals surface area contributed by atoms with E-state index in [4.69, 9.17) is 4.74 Å². The first-order valence-electron chi connectivity index (χ1n) is 7.45. The van der Waals surface area contributed by atoms with Gasteiger partial charge < -0.3 is 4.74 Å². The molecule has 0 amide bonds. The Bertz CT molecular complexity index is 663. The van der Waals surface area contributed by atoms with E-state index in [1.165, 1.54) is 27.5 Å². The van der Waals surface area contributed by atoms with E-state index in [0.717, 1.165) is 25.2 Å². The molecule has 2 aromatic carbocycles. The number of benzene rings is 2. The lowest BCUT2D eigenvalue weighted by Gasteiger charge is -2.27. The van der Waals surface area contributed by atoms with Crippen LogP contribution in [0.2, 0.25) is 0 Å². The van der Waals surface area contributed by atoms with Crippen LogP contribution in [0.25, 0.3) is 10.8 Å². The maximum Gasteiger partial charge on any atom is 0.130 e. The molecule has 0 N–H and O–H groups in total. The maximum atomic E-state index is 6.08. The van der Waals surface area contributed by atoms with Crippen molar-refractivity contribution in [3.05, 3.63) is 53.1 Å². The van der Waals surface area contributed by atoms with Gasteiger partial charge in [-0.1, -0.05) is 42.0 Å². The summed E-state index contributed by atoms with van der Waals surface area (Å²) < 4.78 is 6.08. The molecule has 2 aromatic rings. The van der Waals surface area contributed by atoms with Crippen LogP contribution in [0.4, 0.5) is 0 Å². The summed E-state index contributed by atoms with van der Waals surface area (Å²) in [5.74, 6) is 1.61. The summed E-state index contributed by atoms with van der Waals surface area (Å²) in [6.45, 7) is 7.27. The van der Waals surface area contributed by atoms with Gasteiger partial charge in [0.2, 0.25) is 0 Å². The first-order valence-corrected chi connectivity index (χ1v) is 7.45. The van der Waals surface area contributed by atoms with Crippen molar-refractivity contribution in [3.8, 4) is 5.75 Å². The SMILES string of the molecule is CC(C)=CCCC1COc2c(C)ccc3cccc1c23. The predicted octanol–water partition coefficient (Wildman–Crippen LogP) is 5.37. The van der Waals surface area contributed by atoms with Crippen LogP contribution in [0.5, 0.6) is 5.75 Å². The third kappa shape index (κ3) is 2.33. The highest BCUT2D eigenvalue weighted by molar-refractivity contribution is 5.93. The minimum absolute atomic E-state index is 0.517. The number of aryl methyl sites for hydroxylation is 1. The Morgan fingerprint density at radius 1 is 1.25 bits per heavy atom. The normalized spacial score (nSPS) is 16.9. The van der Waals surface area contributed by atoms with Crippen molar-refractivity contribution < 1.29 is 4.74 Å². The minimum Gasteiger partial charge on any atom is -0.492 e. The van der Waals surface area contributed by atoms with Crippen LogP contribution in [0.1, 0.15) is 43.7 Å². The van der Waals surface area contributed by atoms with Gasteiger partial charge in [0.1, 0.15) is 5.75 Å².